The van der Waals surface area contributed by atoms with Crippen molar-refractivity contribution < 1.29 is 13.9 Å². The first-order chi connectivity index (χ1) is 10.1. The van der Waals surface area contributed by atoms with E-state index in [9.17, 15) is 13.9 Å². The fraction of sp³-hybridized carbons (Fsp3) is 0.118. The highest BCUT2D eigenvalue weighted by molar-refractivity contribution is 5.84. The molecule has 106 valence electrons. The normalized spacial score (nSPS) is 12.5. The van der Waals surface area contributed by atoms with Gasteiger partial charge in [-0.15, -0.1) is 0 Å². The van der Waals surface area contributed by atoms with Crippen molar-refractivity contribution in [1.82, 2.24) is 4.98 Å². The van der Waals surface area contributed by atoms with Crippen molar-refractivity contribution in [3.05, 3.63) is 77.6 Å². The van der Waals surface area contributed by atoms with Gasteiger partial charge in [0.2, 0.25) is 0 Å². The molecule has 0 saturated heterocycles. The van der Waals surface area contributed by atoms with Gasteiger partial charge >= 0.3 is 0 Å². The number of nitrogens with zero attached hydrogens (tertiary/aromatic N) is 1. The molecule has 3 rings (SSSR count). The maximum absolute atomic E-state index is 13.7. The summed E-state index contributed by atoms with van der Waals surface area (Å²) in [7, 11) is 0. The summed E-state index contributed by atoms with van der Waals surface area (Å²) in [6.07, 6.45) is 2.46. The lowest BCUT2D eigenvalue weighted by Crippen LogP contribution is -2.05. The van der Waals surface area contributed by atoms with Crippen LogP contribution >= 0.6 is 0 Å². The second-order valence-electron chi connectivity index (χ2n) is 4.91. The summed E-state index contributed by atoms with van der Waals surface area (Å²) in [5.41, 5.74) is 0.911. The molecule has 0 bridgehead atoms. The summed E-state index contributed by atoms with van der Waals surface area (Å²) in [4.78, 5) is 4.10. The monoisotopic (exact) mass is 285 g/mol. The van der Waals surface area contributed by atoms with Crippen LogP contribution in [0, 0.1) is 11.6 Å². The maximum Gasteiger partial charge on any atom is 0.129 e. The number of aliphatic hydroxyl groups is 1. The van der Waals surface area contributed by atoms with Crippen LogP contribution in [0.2, 0.25) is 0 Å². The summed E-state index contributed by atoms with van der Waals surface area (Å²) in [6.45, 7) is 0. The van der Waals surface area contributed by atoms with Crippen LogP contribution in [0.15, 0.2) is 54.9 Å². The van der Waals surface area contributed by atoms with E-state index in [1.165, 1.54) is 12.1 Å². The third-order valence-electron chi connectivity index (χ3n) is 3.49. The Balaban J connectivity index is 1.95. The summed E-state index contributed by atoms with van der Waals surface area (Å²) in [6, 6.07) is 10.9. The van der Waals surface area contributed by atoms with E-state index in [4.69, 9.17) is 0 Å². The van der Waals surface area contributed by atoms with E-state index >= 15 is 0 Å². The smallest absolute Gasteiger partial charge is 0.129 e. The summed E-state index contributed by atoms with van der Waals surface area (Å²) >= 11 is 0. The van der Waals surface area contributed by atoms with Gasteiger partial charge in [-0.2, -0.15) is 0 Å². The zero-order valence-corrected chi connectivity index (χ0v) is 11.1. The molecular formula is C17H13F2NO. The molecule has 1 aromatic heterocycles. The molecule has 21 heavy (non-hydrogen) atoms. The van der Waals surface area contributed by atoms with Crippen molar-refractivity contribution in [2.45, 2.75) is 12.5 Å². The predicted molar refractivity (Wildman–Crippen MR) is 76.8 cm³/mol. The minimum atomic E-state index is -0.899. The van der Waals surface area contributed by atoms with Crippen LogP contribution in [-0.4, -0.2) is 10.1 Å². The van der Waals surface area contributed by atoms with Crippen LogP contribution < -0.4 is 0 Å². The minimum absolute atomic E-state index is 0.0712. The third-order valence-corrected chi connectivity index (χ3v) is 3.49. The first kappa shape index (κ1) is 13.6. The van der Waals surface area contributed by atoms with E-state index in [0.717, 1.165) is 16.8 Å². The van der Waals surface area contributed by atoms with Crippen molar-refractivity contribution in [2.24, 2.45) is 0 Å². The fourth-order valence-electron chi connectivity index (χ4n) is 2.41. The van der Waals surface area contributed by atoms with E-state index < -0.39 is 17.7 Å². The molecule has 1 heterocycles. The van der Waals surface area contributed by atoms with E-state index in [-0.39, 0.29) is 12.0 Å². The van der Waals surface area contributed by atoms with Gasteiger partial charge in [-0.3, -0.25) is 4.98 Å². The summed E-state index contributed by atoms with van der Waals surface area (Å²) < 4.78 is 26.6. The Kier molecular flexibility index (Phi) is 3.62. The number of rotatable bonds is 3. The van der Waals surface area contributed by atoms with Gasteiger partial charge in [-0.1, -0.05) is 30.3 Å². The molecule has 1 N–H and O–H groups in total. The predicted octanol–water partition coefficient (Wildman–Crippen LogP) is 3.79. The fourth-order valence-corrected chi connectivity index (χ4v) is 2.41. The molecule has 4 heteroatoms. The molecule has 0 radical (unpaired) electrons. The largest absolute Gasteiger partial charge is 0.388 e. The van der Waals surface area contributed by atoms with Gasteiger partial charge in [0.15, 0.2) is 0 Å². The standard InChI is InChI=1S/C17H13F2NO/c18-13-6-5-11(16(19)8-13)7-17(21)15-10-20-9-12-3-1-2-4-14(12)15/h1-6,8-10,17,21H,7H2. The Morgan fingerprint density at radius 2 is 1.86 bits per heavy atom. The van der Waals surface area contributed by atoms with Crippen LogP contribution in [0.3, 0.4) is 0 Å². The molecule has 0 fully saturated rings. The molecular weight excluding hydrogens is 272 g/mol. The van der Waals surface area contributed by atoms with Gasteiger partial charge in [0.25, 0.3) is 0 Å². The van der Waals surface area contributed by atoms with Gasteiger partial charge in [-0.05, 0) is 17.0 Å². The quantitative estimate of drug-likeness (QED) is 0.794. The highest BCUT2D eigenvalue weighted by Crippen LogP contribution is 2.26. The summed E-state index contributed by atoms with van der Waals surface area (Å²) in [5, 5.41) is 12.2. The number of fused-ring (bicyclic) bond motifs is 1. The third kappa shape index (κ3) is 2.76. The van der Waals surface area contributed by atoms with Crippen molar-refractivity contribution >= 4 is 10.8 Å². The second kappa shape index (κ2) is 5.58. The van der Waals surface area contributed by atoms with Crippen LogP contribution in [0.4, 0.5) is 8.78 Å². The lowest BCUT2D eigenvalue weighted by Gasteiger charge is -2.14. The van der Waals surface area contributed by atoms with Crippen LogP contribution in [0.5, 0.6) is 0 Å². The van der Waals surface area contributed by atoms with Gasteiger partial charge in [0.05, 0.1) is 6.10 Å². The molecule has 0 amide bonds. The van der Waals surface area contributed by atoms with Gasteiger partial charge < -0.3 is 5.11 Å². The molecule has 3 aromatic rings. The number of aliphatic hydroxyl groups excluding tert-OH is 1. The molecule has 0 aliphatic rings. The summed E-state index contributed by atoms with van der Waals surface area (Å²) in [5.74, 6) is -1.28. The molecule has 2 nitrogen and oxygen atoms in total. The topological polar surface area (TPSA) is 33.1 Å². The molecule has 1 atom stereocenters. The molecule has 1 unspecified atom stereocenters. The van der Waals surface area contributed by atoms with Crippen molar-refractivity contribution in [3.8, 4) is 0 Å². The average Bonchev–Trinajstić information content (AvgIpc) is 2.49. The molecule has 0 aliphatic carbocycles. The van der Waals surface area contributed by atoms with E-state index in [1.807, 2.05) is 24.3 Å². The van der Waals surface area contributed by atoms with E-state index in [0.29, 0.717) is 5.56 Å². The number of benzene rings is 2. The Hall–Kier alpha value is -2.33. The highest BCUT2D eigenvalue weighted by atomic mass is 19.1. The Labute approximate surface area is 120 Å². The molecule has 2 aromatic carbocycles. The number of hydrogen-bond donors (Lipinski definition) is 1. The lowest BCUT2D eigenvalue weighted by molar-refractivity contribution is 0.178. The number of hydrogen-bond acceptors (Lipinski definition) is 2. The lowest BCUT2D eigenvalue weighted by atomic mass is 9.98. The number of halogens is 2. The van der Waals surface area contributed by atoms with Gasteiger partial charge in [0.1, 0.15) is 11.6 Å². The first-order valence-electron chi connectivity index (χ1n) is 6.60. The van der Waals surface area contributed by atoms with Gasteiger partial charge in [0, 0.05) is 35.8 Å². The Morgan fingerprint density at radius 3 is 2.67 bits per heavy atom. The van der Waals surface area contributed by atoms with Crippen molar-refractivity contribution in [2.75, 3.05) is 0 Å². The Morgan fingerprint density at radius 1 is 1.05 bits per heavy atom. The zero-order chi connectivity index (χ0) is 14.8. The minimum Gasteiger partial charge on any atom is -0.388 e. The average molecular weight is 285 g/mol. The number of aromatic nitrogens is 1. The van der Waals surface area contributed by atoms with E-state index in [1.54, 1.807) is 12.4 Å². The van der Waals surface area contributed by atoms with Crippen LogP contribution in [0.1, 0.15) is 17.2 Å². The second-order valence-corrected chi connectivity index (χ2v) is 4.91. The maximum atomic E-state index is 13.7. The highest BCUT2D eigenvalue weighted by Gasteiger charge is 2.15. The molecule has 0 spiro atoms. The molecule has 0 saturated carbocycles. The SMILES string of the molecule is OC(Cc1ccc(F)cc1F)c1cncc2ccccc12. The van der Waals surface area contributed by atoms with Crippen LogP contribution in [-0.2, 0) is 6.42 Å². The Bertz CT molecular complexity index is 783. The molecule has 0 aliphatic heterocycles. The van der Waals surface area contributed by atoms with Gasteiger partial charge in [-0.25, -0.2) is 8.78 Å². The van der Waals surface area contributed by atoms with Crippen LogP contribution in [0.25, 0.3) is 10.8 Å². The van der Waals surface area contributed by atoms with E-state index in [2.05, 4.69) is 4.98 Å². The zero-order valence-electron chi connectivity index (χ0n) is 11.1. The van der Waals surface area contributed by atoms with Crippen molar-refractivity contribution in [1.29, 1.82) is 0 Å². The number of pyridine rings is 1. The van der Waals surface area contributed by atoms with Crippen molar-refractivity contribution in [3.63, 3.8) is 0 Å². The first-order valence-corrected chi connectivity index (χ1v) is 6.60.